The molecule has 3 heterocycles. The molecule has 0 fully saturated rings. The van der Waals surface area contributed by atoms with Crippen LogP contribution >= 0.6 is 0 Å². The van der Waals surface area contributed by atoms with Gasteiger partial charge in [-0.2, -0.15) is 5.10 Å². The van der Waals surface area contributed by atoms with Gasteiger partial charge in [0.15, 0.2) is 0 Å². The van der Waals surface area contributed by atoms with Crippen molar-refractivity contribution >= 4 is 39.3 Å². The summed E-state index contributed by atoms with van der Waals surface area (Å²) in [6, 6.07) is 17.2. The summed E-state index contributed by atoms with van der Waals surface area (Å²) in [5.74, 6) is -0.229. The Morgan fingerprint density at radius 1 is 1.12 bits per heavy atom. The minimum atomic E-state index is -0.999. The first-order valence-corrected chi connectivity index (χ1v) is 10.0. The van der Waals surface area contributed by atoms with Crippen LogP contribution in [0.3, 0.4) is 0 Å². The summed E-state index contributed by atoms with van der Waals surface area (Å²) < 4.78 is 7.34. The fourth-order valence-corrected chi connectivity index (χ4v) is 4.16. The van der Waals surface area contributed by atoms with Crippen LogP contribution in [0.5, 0.6) is 5.75 Å². The molecule has 0 bridgehead atoms. The molecule has 0 amide bonds. The molecule has 0 spiro atoms. The second-order valence-corrected chi connectivity index (χ2v) is 7.48. The maximum atomic E-state index is 11.6. The van der Waals surface area contributed by atoms with Crippen LogP contribution in [-0.4, -0.2) is 45.0 Å². The molecular formula is C24H21N5O3. The van der Waals surface area contributed by atoms with Crippen LogP contribution in [0.4, 0.5) is 11.4 Å². The highest BCUT2D eigenvalue weighted by Crippen LogP contribution is 2.38. The Balaban J connectivity index is 1.69. The Morgan fingerprint density at radius 3 is 2.69 bits per heavy atom. The maximum Gasteiger partial charge on any atom is 0.337 e. The first kappa shape index (κ1) is 19.6. The van der Waals surface area contributed by atoms with E-state index in [1.807, 2.05) is 67.5 Å². The van der Waals surface area contributed by atoms with Crippen molar-refractivity contribution in [2.24, 2.45) is 7.05 Å². The molecular weight excluding hydrogens is 406 g/mol. The SMILES string of the molecule is COc1ccccc1N(C)c1cccc2c(-c3cc4nccc(C(=O)O)c4[nH]3)n(C)nc12. The topological polar surface area (TPSA) is 96.3 Å². The highest BCUT2D eigenvalue weighted by molar-refractivity contribution is 6.05. The minimum absolute atomic E-state index is 0.185. The lowest BCUT2D eigenvalue weighted by atomic mass is 10.1. The van der Waals surface area contributed by atoms with Crippen molar-refractivity contribution in [2.75, 3.05) is 19.1 Å². The van der Waals surface area contributed by atoms with Crippen LogP contribution in [0.25, 0.3) is 33.3 Å². The van der Waals surface area contributed by atoms with Gasteiger partial charge in [0.25, 0.3) is 0 Å². The number of carbonyl (C=O) groups is 1. The van der Waals surface area contributed by atoms with Crippen LogP contribution in [0.2, 0.25) is 0 Å². The summed E-state index contributed by atoms with van der Waals surface area (Å²) in [4.78, 5) is 21.2. The molecule has 0 aliphatic carbocycles. The number of nitrogens with one attached hydrogen (secondary N) is 1. The van der Waals surface area contributed by atoms with E-state index >= 15 is 0 Å². The normalized spacial score (nSPS) is 11.2. The molecule has 8 nitrogen and oxygen atoms in total. The van der Waals surface area contributed by atoms with Gasteiger partial charge in [-0.25, -0.2) is 4.79 Å². The van der Waals surface area contributed by atoms with Crippen molar-refractivity contribution < 1.29 is 14.6 Å². The average molecular weight is 427 g/mol. The summed E-state index contributed by atoms with van der Waals surface area (Å²) >= 11 is 0. The lowest BCUT2D eigenvalue weighted by molar-refractivity contribution is 0.0698. The number of aromatic carboxylic acids is 1. The number of para-hydroxylation sites is 2. The summed E-state index contributed by atoms with van der Waals surface area (Å²) in [7, 11) is 5.51. The van der Waals surface area contributed by atoms with Crippen LogP contribution in [0.15, 0.2) is 60.8 Å². The monoisotopic (exact) mass is 427 g/mol. The number of methoxy groups -OCH3 is 1. The second kappa shape index (κ2) is 7.42. The molecule has 8 heteroatoms. The van der Waals surface area contributed by atoms with Crippen molar-refractivity contribution in [1.82, 2.24) is 19.7 Å². The van der Waals surface area contributed by atoms with Gasteiger partial charge in [0.1, 0.15) is 11.3 Å². The fraction of sp³-hybridized carbons (Fsp3) is 0.125. The maximum absolute atomic E-state index is 11.6. The van der Waals surface area contributed by atoms with Gasteiger partial charge in [-0.15, -0.1) is 0 Å². The molecule has 0 unspecified atom stereocenters. The van der Waals surface area contributed by atoms with Crippen molar-refractivity contribution in [2.45, 2.75) is 0 Å². The molecule has 2 N–H and O–H groups in total. The van der Waals surface area contributed by atoms with Gasteiger partial charge in [0.2, 0.25) is 0 Å². The molecule has 5 rings (SSSR count). The van der Waals surface area contributed by atoms with Crippen LogP contribution < -0.4 is 9.64 Å². The van der Waals surface area contributed by atoms with E-state index in [-0.39, 0.29) is 5.56 Å². The van der Waals surface area contributed by atoms with E-state index in [1.54, 1.807) is 11.8 Å². The third kappa shape index (κ3) is 2.96. The van der Waals surface area contributed by atoms with E-state index < -0.39 is 5.97 Å². The van der Waals surface area contributed by atoms with E-state index in [1.165, 1.54) is 12.3 Å². The van der Waals surface area contributed by atoms with Gasteiger partial charge in [-0.05, 0) is 30.3 Å². The predicted molar refractivity (Wildman–Crippen MR) is 124 cm³/mol. The summed E-state index contributed by atoms with van der Waals surface area (Å²) in [5, 5.41) is 15.3. The number of carboxylic acid groups (broad SMARTS) is 1. The molecule has 0 saturated heterocycles. The number of hydrogen-bond acceptors (Lipinski definition) is 5. The van der Waals surface area contributed by atoms with E-state index in [9.17, 15) is 9.90 Å². The number of pyridine rings is 1. The van der Waals surface area contributed by atoms with Gasteiger partial charge in [0, 0.05) is 25.7 Å². The number of hydrogen-bond donors (Lipinski definition) is 2. The number of rotatable bonds is 5. The number of fused-ring (bicyclic) bond motifs is 2. The Labute approximate surface area is 183 Å². The molecule has 5 aromatic rings. The number of aromatic amines is 1. The van der Waals surface area contributed by atoms with Crippen LogP contribution in [0, 0.1) is 0 Å². The largest absolute Gasteiger partial charge is 0.495 e. The Bertz CT molecular complexity index is 1480. The molecule has 0 atom stereocenters. The van der Waals surface area contributed by atoms with Crippen molar-refractivity contribution in [1.29, 1.82) is 0 Å². The second-order valence-electron chi connectivity index (χ2n) is 7.48. The van der Waals surface area contributed by atoms with Crippen LogP contribution in [0.1, 0.15) is 10.4 Å². The van der Waals surface area contributed by atoms with E-state index in [0.29, 0.717) is 11.0 Å². The molecule has 32 heavy (non-hydrogen) atoms. The molecule has 0 saturated carbocycles. The zero-order valence-electron chi connectivity index (χ0n) is 17.8. The van der Waals surface area contributed by atoms with E-state index in [4.69, 9.17) is 9.84 Å². The smallest absolute Gasteiger partial charge is 0.337 e. The lowest BCUT2D eigenvalue weighted by Crippen LogP contribution is -2.11. The third-order valence-electron chi connectivity index (χ3n) is 5.66. The zero-order valence-corrected chi connectivity index (χ0v) is 17.8. The number of ether oxygens (including phenoxy) is 1. The Kier molecular flexibility index (Phi) is 4.55. The Hall–Kier alpha value is -4.33. The van der Waals surface area contributed by atoms with Crippen LogP contribution in [-0.2, 0) is 7.05 Å². The first-order valence-electron chi connectivity index (χ1n) is 10.0. The van der Waals surface area contributed by atoms with Gasteiger partial charge in [0.05, 0.1) is 46.5 Å². The predicted octanol–water partition coefficient (Wildman–Crippen LogP) is 4.59. The number of aryl methyl sites for hydroxylation is 1. The number of benzene rings is 2. The standard InChI is InChI=1S/C24H21N5O3/c1-28(18-8-4-5-10-20(18)32-3)19-9-6-7-14-22(19)27-29(2)23(14)17-13-16-21(26-17)15(24(30)31)11-12-25-16/h4-13,26H,1-3H3,(H,30,31). The summed E-state index contributed by atoms with van der Waals surface area (Å²) in [6.45, 7) is 0. The number of nitrogens with zero attached hydrogens (tertiary/aromatic N) is 4. The van der Waals surface area contributed by atoms with Gasteiger partial charge in [-0.3, -0.25) is 9.67 Å². The molecule has 0 radical (unpaired) electrons. The van der Waals surface area contributed by atoms with E-state index in [2.05, 4.69) is 9.97 Å². The summed E-state index contributed by atoms with van der Waals surface area (Å²) in [6.07, 6.45) is 1.51. The highest BCUT2D eigenvalue weighted by atomic mass is 16.5. The number of carboxylic acids is 1. The quantitative estimate of drug-likeness (QED) is 0.426. The zero-order chi connectivity index (χ0) is 22.4. The van der Waals surface area contributed by atoms with Gasteiger partial charge in [-0.1, -0.05) is 24.3 Å². The van der Waals surface area contributed by atoms with Crippen molar-refractivity contribution in [3.63, 3.8) is 0 Å². The highest BCUT2D eigenvalue weighted by Gasteiger charge is 2.20. The Morgan fingerprint density at radius 2 is 1.91 bits per heavy atom. The van der Waals surface area contributed by atoms with Gasteiger partial charge >= 0.3 is 5.97 Å². The first-order chi connectivity index (χ1) is 15.5. The van der Waals surface area contributed by atoms with Crippen molar-refractivity contribution in [3.8, 4) is 17.1 Å². The molecule has 0 aliphatic heterocycles. The number of anilines is 2. The summed E-state index contributed by atoms with van der Waals surface area (Å²) in [5.41, 5.74) is 5.55. The lowest BCUT2D eigenvalue weighted by Gasteiger charge is -2.22. The molecule has 2 aromatic carbocycles. The molecule has 0 aliphatic rings. The number of aromatic nitrogens is 4. The average Bonchev–Trinajstić information content (AvgIpc) is 3.37. The minimum Gasteiger partial charge on any atom is -0.495 e. The van der Waals surface area contributed by atoms with E-state index in [0.717, 1.165) is 39.4 Å². The molecule has 160 valence electrons. The van der Waals surface area contributed by atoms with Gasteiger partial charge < -0.3 is 19.7 Å². The fourth-order valence-electron chi connectivity index (χ4n) is 4.16. The van der Waals surface area contributed by atoms with Crippen molar-refractivity contribution in [3.05, 3.63) is 66.4 Å². The third-order valence-corrected chi connectivity index (χ3v) is 5.66. The molecule has 3 aromatic heterocycles. The number of H-pyrrole nitrogens is 1.